The third-order valence-corrected chi connectivity index (χ3v) is 2.70. The van der Waals surface area contributed by atoms with Crippen molar-refractivity contribution in [3.63, 3.8) is 0 Å². The molecular formula is C12H11ClN2O3. The van der Waals surface area contributed by atoms with Gasteiger partial charge in [0, 0.05) is 17.2 Å². The molecule has 94 valence electrons. The van der Waals surface area contributed by atoms with Gasteiger partial charge in [-0.3, -0.25) is 10.1 Å². The Labute approximate surface area is 109 Å². The van der Waals surface area contributed by atoms with Crippen LogP contribution in [-0.4, -0.2) is 11.5 Å². The fraction of sp³-hybridized carbons (Fsp3) is 0.250. The average Bonchev–Trinajstić information content (AvgIpc) is 2.37. The van der Waals surface area contributed by atoms with Crippen LogP contribution in [0.2, 0.25) is 0 Å². The first kappa shape index (κ1) is 14.0. The first-order valence-corrected chi connectivity index (χ1v) is 5.57. The van der Waals surface area contributed by atoms with Gasteiger partial charge < -0.3 is 4.74 Å². The summed E-state index contributed by atoms with van der Waals surface area (Å²) in [7, 11) is 0. The van der Waals surface area contributed by atoms with Crippen LogP contribution in [-0.2, 0) is 0 Å². The summed E-state index contributed by atoms with van der Waals surface area (Å²) in [5.41, 5.74) is 0.461. The average molecular weight is 267 g/mol. The van der Waals surface area contributed by atoms with Crippen LogP contribution in [0.25, 0.3) is 5.03 Å². The Morgan fingerprint density at radius 3 is 2.78 bits per heavy atom. The quantitative estimate of drug-likeness (QED) is 0.475. The van der Waals surface area contributed by atoms with Gasteiger partial charge in [-0.05, 0) is 19.9 Å². The highest BCUT2D eigenvalue weighted by molar-refractivity contribution is 6.49. The van der Waals surface area contributed by atoms with Crippen molar-refractivity contribution in [3.05, 3.63) is 39.4 Å². The molecule has 0 N–H and O–H groups in total. The van der Waals surface area contributed by atoms with E-state index in [1.807, 2.05) is 6.07 Å². The van der Waals surface area contributed by atoms with Crippen molar-refractivity contribution in [2.75, 3.05) is 6.61 Å². The number of ether oxygens (including phenoxy) is 1. The van der Waals surface area contributed by atoms with Gasteiger partial charge in [0.1, 0.15) is 0 Å². The van der Waals surface area contributed by atoms with E-state index in [9.17, 15) is 10.1 Å². The Kier molecular flexibility index (Phi) is 4.69. The van der Waals surface area contributed by atoms with Crippen LogP contribution in [0.1, 0.15) is 19.4 Å². The van der Waals surface area contributed by atoms with Crippen molar-refractivity contribution in [2.45, 2.75) is 13.8 Å². The molecule has 6 heteroatoms. The molecule has 0 amide bonds. The SMILES string of the molecule is CCOc1c(/C(Cl)=C(/C)C#N)cccc1[N+](=O)[O-]. The highest BCUT2D eigenvalue weighted by Crippen LogP contribution is 2.37. The van der Waals surface area contributed by atoms with Crippen molar-refractivity contribution in [1.82, 2.24) is 0 Å². The smallest absolute Gasteiger partial charge is 0.311 e. The number of benzene rings is 1. The highest BCUT2D eigenvalue weighted by Gasteiger charge is 2.21. The van der Waals surface area contributed by atoms with E-state index in [-0.39, 0.29) is 28.6 Å². The normalized spacial score (nSPS) is 11.4. The maximum Gasteiger partial charge on any atom is 0.311 e. The Morgan fingerprint density at radius 1 is 1.61 bits per heavy atom. The van der Waals surface area contributed by atoms with E-state index in [1.54, 1.807) is 13.0 Å². The maximum absolute atomic E-state index is 10.9. The summed E-state index contributed by atoms with van der Waals surface area (Å²) in [6, 6.07) is 6.32. The summed E-state index contributed by atoms with van der Waals surface area (Å²) >= 11 is 6.03. The third kappa shape index (κ3) is 2.79. The van der Waals surface area contributed by atoms with E-state index >= 15 is 0 Å². The van der Waals surface area contributed by atoms with Gasteiger partial charge in [0.05, 0.1) is 22.6 Å². The number of nitro groups is 1. The summed E-state index contributed by atoms with van der Waals surface area (Å²) in [6.07, 6.45) is 0. The number of para-hydroxylation sites is 1. The molecule has 0 bridgehead atoms. The molecule has 0 saturated carbocycles. The van der Waals surface area contributed by atoms with Crippen LogP contribution in [0.15, 0.2) is 23.8 Å². The zero-order valence-corrected chi connectivity index (χ0v) is 10.7. The second kappa shape index (κ2) is 6.03. The molecule has 0 aromatic heterocycles. The topological polar surface area (TPSA) is 76.2 Å². The van der Waals surface area contributed by atoms with Crippen LogP contribution in [0, 0.1) is 21.4 Å². The molecule has 0 saturated heterocycles. The molecule has 0 heterocycles. The van der Waals surface area contributed by atoms with Crippen LogP contribution in [0.5, 0.6) is 5.75 Å². The van der Waals surface area contributed by atoms with E-state index in [1.165, 1.54) is 19.1 Å². The van der Waals surface area contributed by atoms with Crippen LogP contribution in [0.3, 0.4) is 0 Å². The first-order valence-electron chi connectivity index (χ1n) is 5.20. The van der Waals surface area contributed by atoms with Crippen molar-refractivity contribution in [2.24, 2.45) is 0 Å². The van der Waals surface area contributed by atoms with E-state index in [0.29, 0.717) is 5.56 Å². The fourth-order valence-corrected chi connectivity index (χ4v) is 1.58. The van der Waals surface area contributed by atoms with Gasteiger partial charge in [0.2, 0.25) is 5.75 Å². The van der Waals surface area contributed by atoms with Gasteiger partial charge in [-0.15, -0.1) is 0 Å². The second-order valence-corrected chi connectivity index (χ2v) is 3.77. The van der Waals surface area contributed by atoms with Crippen molar-refractivity contribution in [1.29, 1.82) is 5.26 Å². The van der Waals surface area contributed by atoms with Crippen LogP contribution in [0.4, 0.5) is 5.69 Å². The van der Waals surface area contributed by atoms with Crippen LogP contribution >= 0.6 is 11.6 Å². The number of nitriles is 1. The number of halogens is 1. The molecule has 0 fully saturated rings. The Bertz CT molecular complexity index is 547. The number of hydrogen-bond donors (Lipinski definition) is 0. The zero-order valence-electron chi connectivity index (χ0n) is 9.94. The number of nitro benzene ring substituents is 1. The minimum absolute atomic E-state index is 0.0876. The molecule has 0 unspecified atom stereocenters. The summed E-state index contributed by atoms with van der Waals surface area (Å²) in [5.74, 6) is 0.0876. The predicted molar refractivity (Wildman–Crippen MR) is 68.3 cm³/mol. The molecule has 0 aliphatic heterocycles. The largest absolute Gasteiger partial charge is 0.487 e. The van der Waals surface area contributed by atoms with Gasteiger partial charge in [0.15, 0.2) is 0 Å². The fourth-order valence-electron chi connectivity index (χ4n) is 1.39. The second-order valence-electron chi connectivity index (χ2n) is 3.39. The Morgan fingerprint density at radius 2 is 2.28 bits per heavy atom. The summed E-state index contributed by atoms with van der Waals surface area (Å²) < 4.78 is 5.28. The van der Waals surface area contributed by atoms with Gasteiger partial charge >= 0.3 is 5.69 Å². The summed E-state index contributed by atoms with van der Waals surface area (Å²) in [4.78, 5) is 10.4. The molecular weight excluding hydrogens is 256 g/mol. The predicted octanol–water partition coefficient (Wildman–Crippen LogP) is 3.49. The van der Waals surface area contributed by atoms with E-state index < -0.39 is 4.92 Å². The Hall–Kier alpha value is -2.06. The molecule has 0 aliphatic carbocycles. The van der Waals surface area contributed by atoms with Gasteiger partial charge in [-0.2, -0.15) is 5.26 Å². The van der Waals surface area contributed by atoms with Crippen molar-refractivity contribution < 1.29 is 9.66 Å². The molecule has 0 aliphatic rings. The molecule has 1 aromatic carbocycles. The lowest BCUT2D eigenvalue weighted by atomic mass is 10.1. The first-order chi connectivity index (χ1) is 8.52. The lowest BCUT2D eigenvalue weighted by Gasteiger charge is -2.10. The van der Waals surface area contributed by atoms with Gasteiger partial charge in [0.25, 0.3) is 0 Å². The molecule has 1 rings (SSSR count). The Balaban J connectivity index is 3.50. The maximum atomic E-state index is 10.9. The van der Waals surface area contributed by atoms with E-state index in [2.05, 4.69) is 0 Å². The highest BCUT2D eigenvalue weighted by atomic mass is 35.5. The standard InChI is InChI=1S/C12H11ClN2O3/c1-3-18-12-9(11(13)8(2)7-14)5-4-6-10(12)15(16)17/h4-6H,3H2,1-2H3/b11-8+. The lowest BCUT2D eigenvalue weighted by Crippen LogP contribution is -2.00. The zero-order chi connectivity index (χ0) is 13.7. The molecule has 0 atom stereocenters. The molecule has 0 spiro atoms. The minimum atomic E-state index is -0.541. The third-order valence-electron chi connectivity index (χ3n) is 2.21. The summed E-state index contributed by atoms with van der Waals surface area (Å²) in [5, 5.41) is 19.9. The molecule has 18 heavy (non-hydrogen) atoms. The molecule has 0 radical (unpaired) electrons. The lowest BCUT2D eigenvalue weighted by molar-refractivity contribution is -0.385. The van der Waals surface area contributed by atoms with Gasteiger partial charge in [-0.1, -0.05) is 17.7 Å². The van der Waals surface area contributed by atoms with Crippen LogP contribution < -0.4 is 4.74 Å². The summed E-state index contributed by atoms with van der Waals surface area (Å²) in [6.45, 7) is 3.53. The minimum Gasteiger partial charge on any atom is -0.487 e. The van der Waals surface area contributed by atoms with Crippen molar-refractivity contribution >= 4 is 22.3 Å². The monoisotopic (exact) mass is 266 g/mol. The molecule has 5 nitrogen and oxygen atoms in total. The van der Waals surface area contributed by atoms with E-state index in [0.717, 1.165) is 0 Å². The number of hydrogen-bond acceptors (Lipinski definition) is 4. The number of nitrogens with zero attached hydrogens (tertiary/aromatic N) is 2. The molecule has 1 aromatic rings. The van der Waals surface area contributed by atoms with E-state index in [4.69, 9.17) is 21.6 Å². The van der Waals surface area contributed by atoms with Crippen molar-refractivity contribution in [3.8, 4) is 11.8 Å². The number of allylic oxidation sites excluding steroid dienone is 1. The van der Waals surface area contributed by atoms with Gasteiger partial charge in [-0.25, -0.2) is 0 Å². The number of rotatable bonds is 4.